The zero-order chi connectivity index (χ0) is 46.3. The van der Waals surface area contributed by atoms with Crippen LogP contribution in [0.4, 0.5) is 5.69 Å². The molecule has 66 heavy (non-hydrogen) atoms. The summed E-state index contributed by atoms with van der Waals surface area (Å²) >= 11 is 12.8. The molecule has 3 aliphatic rings. The summed E-state index contributed by atoms with van der Waals surface area (Å²) in [6.45, 7) is -0.235. The van der Waals surface area contributed by atoms with Crippen molar-refractivity contribution >= 4 is 62.5 Å². The van der Waals surface area contributed by atoms with Crippen LogP contribution in [-0.4, -0.2) is 66.7 Å². The van der Waals surface area contributed by atoms with Crippen LogP contribution in [0.25, 0.3) is 21.8 Å². The molecule has 4 unspecified atom stereocenters. The second kappa shape index (κ2) is 16.0. The predicted molar refractivity (Wildman–Crippen MR) is 247 cm³/mol. The van der Waals surface area contributed by atoms with Crippen molar-refractivity contribution in [1.82, 2.24) is 28.5 Å². The molecule has 336 valence electrons. The van der Waals surface area contributed by atoms with Gasteiger partial charge in [-0.05, 0) is 64.9 Å². The lowest BCUT2D eigenvalue weighted by atomic mass is 9.53. The van der Waals surface area contributed by atoms with Gasteiger partial charge in [-0.15, -0.1) is 0 Å². The largest absolute Gasteiger partial charge is 0.507 e. The van der Waals surface area contributed by atoms with Crippen LogP contribution >= 0.6 is 23.2 Å². The maximum absolute atomic E-state index is 15.8. The number of phenolic OH excluding ortho intramolecular Hbond substituents is 1. The van der Waals surface area contributed by atoms with Gasteiger partial charge in [-0.2, -0.15) is 5.01 Å². The van der Waals surface area contributed by atoms with E-state index in [9.17, 15) is 19.5 Å². The Kier molecular flexibility index (Phi) is 10.3. The number of aromatic hydroxyl groups is 1. The van der Waals surface area contributed by atoms with Crippen molar-refractivity contribution in [3.05, 3.63) is 161 Å². The van der Waals surface area contributed by atoms with E-state index in [0.29, 0.717) is 60.8 Å². The number of allylic oxidation sites excluding steroid dienone is 2. The Morgan fingerprint density at radius 2 is 1.58 bits per heavy atom. The molecule has 4 heterocycles. The number of nitrogens with zero attached hydrogens (tertiary/aromatic N) is 6. The van der Waals surface area contributed by atoms with Gasteiger partial charge >= 0.3 is 11.4 Å². The zero-order valence-electron chi connectivity index (χ0n) is 36.0. The minimum Gasteiger partial charge on any atom is -0.507 e. The van der Waals surface area contributed by atoms with Crippen LogP contribution in [0.3, 0.4) is 0 Å². The summed E-state index contributed by atoms with van der Waals surface area (Å²) in [5, 5.41) is 13.8. The summed E-state index contributed by atoms with van der Waals surface area (Å²) in [7, 11) is 6.12. The molecule has 2 aromatic heterocycles. The maximum atomic E-state index is 15.8. The molecule has 0 radical (unpaired) electrons. The highest BCUT2D eigenvalue weighted by atomic mass is 35.5. The van der Waals surface area contributed by atoms with Crippen molar-refractivity contribution in [2.45, 2.75) is 43.3 Å². The zero-order valence-corrected chi connectivity index (χ0v) is 37.5. The normalized spacial score (nSPS) is 19.9. The second-order valence-electron chi connectivity index (χ2n) is 16.5. The molecule has 2 aliphatic heterocycles. The Morgan fingerprint density at radius 1 is 0.848 bits per heavy atom. The average Bonchev–Trinajstić information content (AvgIpc) is 3.70. The van der Waals surface area contributed by atoms with Gasteiger partial charge in [0.15, 0.2) is 11.5 Å². The quantitative estimate of drug-likeness (QED) is 0.119. The molecule has 1 saturated carbocycles. The number of benzene rings is 5. The Bertz CT molecular complexity index is 3410. The third kappa shape index (κ3) is 6.26. The number of amides is 2. The van der Waals surface area contributed by atoms with E-state index in [1.807, 2.05) is 18.2 Å². The fourth-order valence-electron chi connectivity index (χ4n) is 10.3. The van der Waals surface area contributed by atoms with Gasteiger partial charge in [-0.25, -0.2) is 28.5 Å². The summed E-state index contributed by atoms with van der Waals surface area (Å²) < 4.78 is 21.6. The number of carbonyl (C=O) groups excluding carboxylic acids is 2. The van der Waals surface area contributed by atoms with Gasteiger partial charge < -0.3 is 23.9 Å². The van der Waals surface area contributed by atoms with E-state index < -0.39 is 52.0 Å². The topological polar surface area (TPSA) is 181 Å². The number of hydrogen-bond donors (Lipinski definition) is 2. The molecule has 16 nitrogen and oxygen atoms in total. The van der Waals surface area contributed by atoms with Crippen molar-refractivity contribution in [2.75, 3.05) is 26.8 Å². The standard InChI is InChI=1S/C48H41Cl2N7O9/c1-53-38-24-41(66-4)40(65-3)23-36(38)51-35(44(53)60)18-19-54-46(62)55-20-17-31-37(57(55)47(54)63)22-32-43(59)56(52-34-15-11-26(49)21-33(34)50)45(61)48(32,25-9-12-27(64-2)13-10-25)42(31)30-14-16-39(58)29-8-6-5-7-28(29)30/h5-17,21,23-24,32,37,42,52,58H,18-20,22H2,1-4H3. The first-order chi connectivity index (χ1) is 31.8. The monoisotopic (exact) mass is 929 g/mol. The Labute approximate surface area is 385 Å². The van der Waals surface area contributed by atoms with Crippen LogP contribution in [0.15, 0.2) is 117 Å². The summed E-state index contributed by atoms with van der Waals surface area (Å²) in [5.74, 6) is -1.87. The van der Waals surface area contributed by atoms with Gasteiger partial charge in [0.05, 0.1) is 67.0 Å². The number of nitrogens with one attached hydrogen (secondary N) is 1. The van der Waals surface area contributed by atoms with Crippen molar-refractivity contribution in [3.63, 3.8) is 0 Å². The molecule has 2 N–H and O–H groups in total. The maximum Gasteiger partial charge on any atom is 0.347 e. The van der Waals surface area contributed by atoms with E-state index in [2.05, 4.69) is 10.4 Å². The summed E-state index contributed by atoms with van der Waals surface area (Å²) in [6.07, 6.45) is 1.73. The van der Waals surface area contributed by atoms with Gasteiger partial charge in [0.25, 0.3) is 17.4 Å². The Balaban J connectivity index is 1.14. The van der Waals surface area contributed by atoms with E-state index in [1.165, 1.54) is 41.3 Å². The number of ether oxygens (including phenoxy) is 3. The third-order valence-corrected chi connectivity index (χ3v) is 13.9. The fraction of sp³-hybridized carbons (Fsp3) is 0.250. The minimum absolute atomic E-state index is 0.0145. The second-order valence-corrected chi connectivity index (χ2v) is 17.3. The SMILES string of the molecule is COc1ccc(C23C(=O)N(Nc4ccc(Cl)cc4Cl)C(=O)C2CC2C(=CCn4c(=O)n(CCc5nc6cc(OC)c(OC)cc6n(C)c5=O)c(=O)n42)C3c2ccc(O)c3ccccc23)cc1. The van der Waals surface area contributed by atoms with Crippen LogP contribution in [0, 0.1) is 5.92 Å². The van der Waals surface area contributed by atoms with Crippen molar-refractivity contribution < 1.29 is 28.9 Å². The first-order valence-corrected chi connectivity index (χ1v) is 21.8. The lowest BCUT2D eigenvalue weighted by molar-refractivity contribution is -0.138. The van der Waals surface area contributed by atoms with E-state index >= 15 is 9.59 Å². The van der Waals surface area contributed by atoms with Crippen LogP contribution in [-0.2, 0) is 41.6 Å². The number of anilines is 1. The van der Waals surface area contributed by atoms with E-state index in [0.717, 1.165) is 9.58 Å². The average molecular weight is 931 g/mol. The molecular formula is C48H41Cl2N7O9. The third-order valence-electron chi connectivity index (χ3n) is 13.4. The molecular weight excluding hydrogens is 889 g/mol. The number of phenols is 1. The van der Waals surface area contributed by atoms with Gasteiger partial charge in [-0.1, -0.05) is 71.7 Å². The number of imide groups is 1. The van der Waals surface area contributed by atoms with Crippen LogP contribution in [0.5, 0.6) is 23.0 Å². The molecule has 0 spiro atoms. The molecule has 18 heteroatoms. The molecule has 7 aromatic rings. The van der Waals surface area contributed by atoms with Gasteiger partial charge in [0.2, 0.25) is 0 Å². The number of fused-ring (bicyclic) bond motifs is 6. The van der Waals surface area contributed by atoms with Gasteiger partial charge in [-0.3, -0.25) is 19.8 Å². The number of hydrazine groups is 1. The number of aryl methyl sites for hydroxylation is 2. The predicted octanol–water partition coefficient (Wildman–Crippen LogP) is 6.11. The van der Waals surface area contributed by atoms with E-state index in [-0.39, 0.29) is 48.1 Å². The van der Waals surface area contributed by atoms with Crippen molar-refractivity contribution in [3.8, 4) is 23.0 Å². The number of hydrogen-bond acceptors (Lipinski definition) is 11. The summed E-state index contributed by atoms with van der Waals surface area (Å²) in [4.78, 5) is 78.5. The number of carbonyl (C=O) groups is 2. The molecule has 2 amide bonds. The molecule has 2 fully saturated rings. The molecule has 10 rings (SSSR count). The molecule has 4 atom stereocenters. The highest BCUT2D eigenvalue weighted by molar-refractivity contribution is 6.36. The first-order valence-electron chi connectivity index (χ1n) is 21.0. The van der Waals surface area contributed by atoms with Crippen LogP contribution < -0.4 is 36.6 Å². The molecule has 1 saturated heterocycles. The molecule has 5 aromatic carbocycles. The fourth-order valence-corrected chi connectivity index (χ4v) is 10.8. The van der Waals surface area contributed by atoms with Crippen molar-refractivity contribution in [1.29, 1.82) is 0 Å². The minimum atomic E-state index is -1.65. The lowest BCUT2D eigenvalue weighted by Crippen LogP contribution is -2.53. The van der Waals surface area contributed by atoms with E-state index in [4.69, 9.17) is 37.4 Å². The van der Waals surface area contributed by atoms with Crippen LogP contribution in [0.2, 0.25) is 10.0 Å². The number of aromatic nitrogens is 5. The number of halogens is 2. The number of rotatable bonds is 10. The van der Waals surface area contributed by atoms with Crippen molar-refractivity contribution in [2.24, 2.45) is 13.0 Å². The summed E-state index contributed by atoms with van der Waals surface area (Å²) in [5.41, 5.74) is 2.74. The van der Waals surface area contributed by atoms with Gasteiger partial charge in [0, 0.05) is 48.5 Å². The van der Waals surface area contributed by atoms with Crippen LogP contribution in [0.1, 0.15) is 35.2 Å². The highest BCUT2D eigenvalue weighted by Gasteiger charge is 2.69. The van der Waals surface area contributed by atoms with E-state index in [1.54, 1.807) is 79.8 Å². The summed E-state index contributed by atoms with van der Waals surface area (Å²) in [6, 6.07) is 24.6. The first kappa shape index (κ1) is 42.6. The highest BCUT2D eigenvalue weighted by Crippen LogP contribution is 2.63. The molecule has 0 bridgehead atoms. The Hall–Kier alpha value is -7.30. The number of methoxy groups -OCH3 is 3. The Morgan fingerprint density at radius 3 is 2.29 bits per heavy atom. The molecule has 1 aliphatic carbocycles. The van der Waals surface area contributed by atoms with Gasteiger partial charge in [0.1, 0.15) is 17.2 Å². The lowest BCUT2D eigenvalue weighted by Gasteiger charge is -2.49. The smallest absolute Gasteiger partial charge is 0.347 e.